The topological polar surface area (TPSA) is 45.2 Å². The van der Waals surface area contributed by atoms with Gasteiger partial charge in [-0.05, 0) is 26.0 Å². The number of piperazine rings is 1. The summed E-state index contributed by atoms with van der Waals surface area (Å²) in [7, 11) is 0. The predicted octanol–water partition coefficient (Wildman–Crippen LogP) is 2.09. The first-order valence-electron chi connectivity index (χ1n) is 6.75. The fourth-order valence-corrected chi connectivity index (χ4v) is 2.23. The van der Waals surface area contributed by atoms with E-state index in [0.717, 1.165) is 17.9 Å². The van der Waals surface area contributed by atoms with Crippen LogP contribution in [0.25, 0.3) is 0 Å². The van der Waals surface area contributed by atoms with Gasteiger partial charge in [0.15, 0.2) is 0 Å². The molecule has 1 fully saturated rings. The molecule has 4 heteroatoms. The number of pyridine rings is 1. The van der Waals surface area contributed by atoms with Gasteiger partial charge in [0, 0.05) is 24.2 Å². The van der Waals surface area contributed by atoms with Crippen LogP contribution >= 0.6 is 0 Å². The molecule has 19 heavy (non-hydrogen) atoms. The molecule has 0 atom stereocenters. The summed E-state index contributed by atoms with van der Waals surface area (Å²) in [4.78, 5) is 18.7. The molecule has 0 bridgehead atoms. The van der Waals surface area contributed by atoms with E-state index in [1.165, 1.54) is 0 Å². The number of anilines is 1. The highest BCUT2D eigenvalue weighted by atomic mass is 16.2. The first-order chi connectivity index (χ1) is 8.72. The third-order valence-corrected chi connectivity index (χ3v) is 3.51. The van der Waals surface area contributed by atoms with Crippen LogP contribution in [0.2, 0.25) is 0 Å². The fourth-order valence-electron chi connectivity index (χ4n) is 2.23. The summed E-state index contributed by atoms with van der Waals surface area (Å²) in [5.41, 5.74) is 1.46. The number of carbonyl (C=O) groups excluding carboxylic acids is 1. The molecule has 1 saturated heterocycles. The van der Waals surface area contributed by atoms with E-state index < -0.39 is 5.54 Å². The van der Waals surface area contributed by atoms with Crippen molar-refractivity contribution in [3.05, 3.63) is 24.0 Å². The van der Waals surface area contributed by atoms with Crippen molar-refractivity contribution in [1.29, 1.82) is 0 Å². The molecule has 1 N–H and O–H groups in total. The Balaban J connectivity index is 2.25. The lowest BCUT2D eigenvalue weighted by Crippen LogP contribution is -2.61. The largest absolute Gasteiger partial charge is 0.308 e. The Kier molecular flexibility index (Phi) is 3.39. The predicted molar refractivity (Wildman–Crippen MR) is 77.4 cm³/mol. The summed E-state index contributed by atoms with van der Waals surface area (Å²) in [5.74, 6) is 0.101. The normalized spacial score (nSPS) is 19.6. The summed E-state index contributed by atoms with van der Waals surface area (Å²) in [5, 5.41) is 3.23. The van der Waals surface area contributed by atoms with Crippen molar-refractivity contribution in [2.24, 2.45) is 0 Å². The van der Waals surface area contributed by atoms with Crippen LogP contribution in [0.3, 0.4) is 0 Å². The average molecular weight is 261 g/mol. The Hall–Kier alpha value is -1.42. The summed E-state index contributed by atoms with van der Waals surface area (Å²) in [6.07, 6.45) is 1.81. The van der Waals surface area contributed by atoms with E-state index in [2.05, 4.69) is 31.1 Å². The highest BCUT2D eigenvalue weighted by Gasteiger charge is 2.36. The summed E-state index contributed by atoms with van der Waals surface area (Å²) < 4.78 is 0. The van der Waals surface area contributed by atoms with Gasteiger partial charge in [0.2, 0.25) is 5.91 Å². The molecule has 2 rings (SSSR count). The number of hydrogen-bond acceptors (Lipinski definition) is 3. The zero-order valence-corrected chi connectivity index (χ0v) is 12.4. The molecular weight excluding hydrogens is 238 g/mol. The third kappa shape index (κ3) is 2.78. The van der Waals surface area contributed by atoms with Crippen LogP contribution in [0.4, 0.5) is 5.69 Å². The van der Waals surface area contributed by atoms with Crippen molar-refractivity contribution >= 4 is 11.6 Å². The number of nitrogens with zero attached hydrogens (tertiary/aromatic N) is 2. The SMILES string of the molecule is CC1(C)NCCN(c2ccc(C(C)(C)C)nc2)C1=O. The second-order valence-electron chi connectivity index (χ2n) is 6.66. The standard InChI is InChI=1S/C15H23N3O/c1-14(2,3)12-7-6-11(10-16-12)18-9-8-17-15(4,5)13(18)19/h6-7,10,17H,8-9H2,1-5H3. The maximum absolute atomic E-state index is 12.4. The van der Waals surface area contributed by atoms with Crippen molar-refractivity contribution < 1.29 is 4.79 Å². The van der Waals surface area contributed by atoms with E-state index in [1.54, 1.807) is 6.20 Å². The fraction of sp³-hybridized carbons (Fsp3) is 0.600. The number of nitrogens with one attached hydrogen (secondary N) is 1. The van der Waals surface area contributed by atoms with Gasteiger partial charge in [0.25, 0.3) is 0 Å². The summed E-state index contributed by atoms with van der Waals surface area (Å²) >= 11 is 0. The van der Waals surface area contributed by atoms with E-state index in [4.69, 9.17) is 0 Å². The van der Waals surface area contributed by atoms with Crippen LogP contribution in [0, 0.1) is 0 Å². The van der Waals surface area contributed by atoms with Crippen molar-refractivity contribution in [2.75, 3.05) is 18.0 Å². The van der Waals surface area contributed by atoms with Crippen molar-refractivity contribution in [3.8, 4) is 0 Å². The maximum Gasteiger partial charge on any atom is 0.246 e. The number of hydrogen-bond donors (Lipinski definition) is 1. The van der Waals surface area contributed by atoms with E-state index in [1.807, 2.05) is 30.9 Å². The molecule has 104 valence electrons. The van der Waals surface area contributed by atoms with Crippen molar-refractivity contribution in [2.45, 2.75) is 45.6 Å². The number of amides is 1. The Bertz CT molecular complexity index is 471. The molecule has 0 aromatic carbocycles. The Morgan fingerprint density at radius 1 is 1.32 bits per heavy atom. The van der Waals surface area contributed by atoms with Crippen LogP contribution in [0.5, 0.6) is 0 Å². The van der Waals surface area contributed by atoms with Crippen LogP contribution < -0.4 is 10.2 Å². The Morgan fingerprint density at radius 3 is 2.53 bits per heavy atom. The minimum absolute atomic E-state index is 0.0330. The number of rotatable bonds is 1. The van der Waals surface area contributed by atoms with Gasteiger partial charge in [0.05, 0.1) is 17.4 Å². The van der Waals surface area contributed by atoms with E-state index in [0.29, 0.717) is 6.54 Å². The Morgan fingerprint density at radius 2 is 2.00 bits per heavy atom. The lowest BCUT2D eigenvalue weighted by molar-refractivity contribution is -0.124. The van der Waals surface area contributed by atoms with E-state index >= 15 is 0 Å². The number of carbonyl (C=O) groups is 1. The molecule has 1 aromatic rings. The lowest BCUT2D eigenvalue weighted by atomic mass is 9.91. The molecule has 1 aromatic heterocycles. The quantitative estimate of drug-likeness (QED) is 0.842. The molecular formula is C15H23N3O. The third-order valence-electron chi connectivity index (χ3n) is 3.51. The smallest absolute Gasteiger partial charge is 0.246 e. The van der Waals surface area contributed by atoms with Gasteiger partial charge in [-0.25, -0.2) is 0 Å². The van der Waals surface area contributed by atoms with Gasteiger partial charge >= 0.3 is 0 Å². The molecule has 1 aliphatic rings. The molecule has 0 radical (unpaired) electrons. The van der Waals surface area contributed by atoms with Gasteiger partial charge in [-0.2, -0.15) is 0 Å². The first kappa shape index (κ1) is 14.0. The minimum Gasteiger partial charge on any atom is -0.308 e. The average Bonchev–Trinajstić information content (AvgIpc) is 2.32. The van der Waals surface area contributed by atoms with Crippen LogP contribution in [0.15, 0.2) is 18.3 Å². The molecule has 1 aliphatic heterocycles. The van der Waals surface area contributed by atoms with Gasteiger partial charge in [-0.1, -0.05) is 20.8 Å². The highest BCUT2D eigenvalue weighted by molar-refractivity contribution is 6.00. The summed E-state index contributed by atoms with van der Waals surface area (Å²) in [6.45, 7) is 11.7. The molecule has 0 aliphatic carbocycles. The molecule has 0 saturated carbocycles. The lowest BCUT2D eigenvalue weighted by Gasteiger charge is -2.38. The zero-order chi connectivity index (χ0) is 14.3. The minimum atomic E-state index is -0.499. The Labute approximate surface area is 115 Å². The van der Waals surface area contributed by atoms with E-state index in [9.17, 15) is 4.79 Å². The zero-order valence-electron chi connectivity index (χ0n) is 12.4. The van der Waals surface area contributed by atoms with Crippen LogP contribution in [0.1, 0.15) is 40.3 Å². The molecule has 4 nitrogen and oxygen atoms in total. The van der Waals surface area contributed by atoms with Crippen molar-refractivity contribution in [1.82, 2.24) is 10.3 Å². The molecule has 0 spiro atoms. The first-order valence-corrected chi connectivity index (χ1v) is 6.75. The monoisotopic (exact) mass is 261 g/mol. The van der Waals surface area contributed by atoms with Crippen LogP contribution in [-0.2, 0) is 10.2 Å². The maximum atomic E-state index is 12.4. The van der Waals surface area contributed by atoms with E-state index in [-0.39, 0.29) is 11.3 Å². The number of aromatic nitrogens is 1. The molecule has 2 heterocycles. The van der Waals surface area contributed by atoms with Crippen molar-refractivity contribution in [3.63, 3.8) is 0 Å². The summed E-state index contributed by atoms with van der Waals surface area (Å²) in [6, 6.07) is 4.00. The van der Waals surface area contributed by atoms with Gasteiger partial charge < -0.3 is 10.2 Å². The molecule has 1 amide bonds. The second kappa shape index (κ2) is 4.60. The highest BCUT2D eigenvalue weighted by Crippen LogP contribution is 2.24. The van der Waals surface area contributed by atoms with Gasteiger partial charge in [-0.3, -0.25) is 9.78 Å². The second-order valence-corrected chi connectivity index (χ2v) is 6.66. The van der Waals surface area contributed by atoms with Gasteiger partial charge in [-0.15, -0.1) is 0 Å². The molecule has 0 unspecified atom stereocenters. The van der Waals surface area contributed by atoms with Crippen LogP contribution in [-0.4, -0.2) is 29.5 Å². The van der Waals surface area contributed by atoms with Gasteiger partial charge in [0.1, 0.15) is 0 Å².